The molecule has 1 heterocycles. The second-order valence-electron chi connectivity index (χ2n) is 2.92. The Morgan fingerprint density at radius 1 is 1.43 bits per heavy atom. The Labute approximate surface area is 88.5 Å². The lowest BCUT2D eigenvalue weighted by Gasteiger charge is -2.03. The van der Waals surface area contributed by atoms with Crippen LogP contribution in [0.4, 0.5) is 0 Å². The number of hydrogen-bond acceptors (Lipinski definition) is 2. The highest BCUT2D eigenvalue weighted by Gasteiger charge is 1.99. The smallest absolute Gasteiger partial charge is 0.220 e. The maximum absolute atomic E-state index is 11.2. The third-order valence-electron chi connectivity index (χ3n) is 1.78. The van der Waals surface area contributed by atoms with E-state index < -0.39 is 0 Å². The number of hydrogen-bond donors (Lipinski definition) is 1. The van der Waals surface area contributed by atoms with Crippen LogP contribution in [0.25, 0.3) is 0 Å². The number of nitrogens with one attached hydrogen (secondary N) is 1. The van der Waals surface area contributed by atoms with Crippen molar-refractivity contribution in [2.45, 2.75) is 19.4 Å². The zero-order valence-corrected chi connectivity index (χ0v) is 8.63. The lowest BCUT2D eigenvalue weighted by atomic mass is 10.2. The molecule has 76 valence electrons. The van der Waals surface area contributed by atoms with E-state index >= 15 is 0 Å². The second-order valence-corrected chi connectivity index (χ2v) is 3.30. The molecule has 1 rings (SSSR count). The zero-order chi connectivity index (χ0) is 10.2. The molecule has 0 aliphatic heterocycles. The number of carbonyl (C=O) groups is 1. The van der Waals surface area contributed by atoms with Gasteiger partial charge in [0.2, 0.25) is 5.91 Å². The number of amides is 1. The molecule has 0 bridgehead atoms. The van der Waals surface area contributed by atoms with E-state index in [0.29, 0.717) is 18.8 Å². The van der Waals surface area contributed by atoms with Crippen molar-refractivity contribution in [1.29, 1.82) is 0 Å². The van der Waals surface area contributed by atoms with Gasteiger partial charge < -0.3 is 5.32 Å². The fraction of sp³-hybridized carbons (Fsp3) is 0.400. The first-order chi connectivity index (χ1) is 6.83. The molecular formula is C10H13ClN2O. The summed E-state index contributed by atoms with van der Waals surface area (Å²) < 4.78 is 0. The normalized spacial score (nSPS) is 9.79. The quantitative estimate of drug-likeness (QED) is 0.756. The molecule has 1 aromatic rings. The monoisotopic (exact) mass is 212 g/mol. The summed E-state index contributed by atoms with van der Waals surface area (Å²) in [6, 6.07) is 3.75. The molecule has 0 saturated carbocycles. The maximum Gasteiger partial charge on any atom is 0.220 e. The molecule has 1 aromatic heterocycles. The fourth-order valence-electron chi connectivity index (χ4n) is 1.02. The van der Waals surface area contributed by atoms with E-state index in [2.05, 4.69) is 10.3 Å². The number of pyridine rings is 1. The minimum Gasteiger partial charge on any atom is -0.352 e. The summed E-state index contributed by atoms with van der Waals surface area (Å²) in [6.07, 6.45) is 4.64. The van der Waals surface area contributed by atoms with E-state index in [4.69, 9.17) is 11.6 Å². The van der Waals surface area contributed by atoms with Gasteiger partial charge in [0.15, 0.2) is 0 Å². The Balaban J connectivity index is 2.24. The average Bonchev–Trinajstić information content (AvgIpc) is 2.25. The summed E-state index contributed by atoms with van der Waals surface area (Å²) in [7, 11) is 0. The number of carbonyl (C=O) groups excluding carboxylic acids is 1. The molecule has 0 fully saturated rings. The largest absolute Gasteiger partial charge is 0.352 e. The first-order valence-electron chi connectivity index (χ1n) is 4.54. The van der Waals surface area contributed by atoms with E-state index in [1.165, 1.54) is 0 Å². The van der Waals surface area contributed by atoms with Gasteiger partial charge >= 0.3 is 0 Å². The van der Waals surface area contributed by atoms with Gasteiger partial charge in [0.1, 0.15) is 0 Å². The first kappa shape index (κ1) is 11.0. The molecule has 1 N–H and O–H groups in total. The molecule has 0 saturated heterocycles. The Kier molecular flexibility index (Phi) is 5.00. The lowest BCUT2D eigenvalue weighted by Crippen LogP contribution is -2.22. The molecule has 0 aliphatic carbocycles. The van der Waals surface area contributed by atoms with Crippen LogP contribution in [0.1, 0.15) is 18.4 Å². The Morgan fingerprint density at radius 3 is 2.79 bits per heavy atom. The molecule has 0 spiro atoms. The standard InChI is InChI=1S/C10H13ClN2O/c11-5-1-2-10(14)13-8-9-3-6-12-7-4-9/h3-4,6-7H,1-2,5,8H2,(H,13,14). The van der Waals surface area contributed by atoms with Gasteiger partial charge in [-0.2, -0.15) is 0 Å². The van der Waals surface area contributed by atoms with Gasteiger partial charge in [0, 0.05) is 31.2 Å². The molecule has 4 heteroatoms. The van der Waals surface area contributed by atoms with Crippen LogP contribution >= 0.6 is 11.6 Å². The number of halogens is 1. The van der Waals surface area contributed by atoms with E-state index in [-0.39, 0.29) is 5.91 Å². The van der Waals surface area contributed by atoms with Crippen LogP contribution in [0.3, 0.4) is 0 Å². The summed E-state index contributed by atoms with van der Waals surface area (Å²) in [5, 5.41) is 2.81. The molecule has 0 unspecified atom stereocenters. The van der Waals surface area contributed by atoms with Crippen LogP contribution in [0.15, 0.2) is 24.5 Å². The van der Waals surface area contributed by atoms with Gasteiger partial charge in [0.25, 0.3) is 0 Å². The molecule has 0 aliphatic rings. The van der Waals surface area contributed by atoms with E-state index in [1.54, 1.807) is 12.4 Å². The number of nitrogens with zero attached hydrogens (tertiary/aromatic N) is 1. The van der Waals surface area contributed by atoms with Crippen molar-refractivity contribution in [2.75, 3.05) is 5.88 Å². The minimum atomic E-state index is 0.0439. The molecule has 3 nitrogen and oxygen atoms in total. The van der Waals surface area contributed by atoms with Gasteiger partial charge in [-0.05, 0) is 24.1 Å². The van der Waals surface area contributed by atoms with E-state index in [0.717, 1.165) is 12.0 Å². The molecule has 0 atom stereocenters. The highest BCUT2D eigenvalue weighted by Crippen LogP contribution is 1.96. The predicted octanol–water partition coefficient (Wildman–Crippen LogP) is 1.72. The van der Waals surface area contributed by atoms with Gasteiger partial charge in [-0.1, -0.05) is 0 Å². The second kappa shape index (κ2) is 6.38. The number of rotatable bonds is 5. The van der Waals surface area contributed by atoms with Crippen molar-refractivity contribution in [2.24, 2.45) is 0 Å². The van der Waals surface area contributed by atoms with Crippen LogP contribution in [-0.4, -0.2) is 16.8 Å². The van der Waals surface area contributed by atoms with Crippen molar-refractivity contribution < 1.29 is 4.79 Å². The van der Waals surface area contributed by atoms with Crippen molar-refractivity contribution in [1.82, 2.24) is 10.3 Å². The van der Waals surface area contributed by atoms with Crippen molar-refractivity contribution in [3.63, 3.8) is 0 Å². The summed E-state index contributed by atoms with van der Waals surface area (Å²) in [4.78, 5) is 15.1. The molecule has 14 heavy (non-hydrogen) atoms. The van der Waals surface area contributed by atoms with Crippen molar-refractivity contribution >= 4 is 17.5 Å². The molecule has 0 aromatic carbocycles. The Bertz CT molecular complexity index is 277. The topological polar surface area (TPSA) is 42.0 Å². The predicted molar refractivity (Wildman–Crippen MR) is 56.0 cm³/mol. The van der Waals surface area contributed by atoms with Gasteiger partial charge in [0.05, 0.1) is 0 Å². The van der Waals surface area contributed by atoms with E-state index in [1.807, 2.05) is 12.1 Å². The number of alkyl halides is 1. The van der Waals surface area contributed by atoms with Crippen molar-refractivity contribution in [3.8, 4) is 0 Å². The summed E-state index contributed by atoms with van der Waals surface area (Å²) in [6.45, 7) is 0.559. The third-order valence-corrected chi connectivity index (χ3v) is 2.04. The molecule has 1 amide bonds. The van der Waals surface area contributed by atoms with Crippen LogP contribution in [0.5, 0.6) is 0 Å². The van der Waals surface area contributed by atoms with Crippen LogP contribution < -0.4 is 5.32 Å². The highest BCUT2D eigenvalue weighted by molar-refractivity contribution is 6.17. The van der Waals surface area contributed by atoms with Crippen LogP contribution in [-0.2, 0) is 11.3 Å². The first-order valence-corrected chi connectivity index (χ1v) is 5.08. The van der Waals surface area contributed by atoms with Crippen LogP contribution in [0, 0.1) is 0 Å². The maximum atomic E-state index is 11.2. The zero-order valence-electron chi connectivity index (χ0n) is 7.87. The van der Waals surface area contributed by atoms with Crippen molar-refractivity contribution in [3.05, 3.63) is 30.1 Å². The summed E-state index contributed by atoms with van der Waals surface area (Å²) in [5.74, 6) is 0.574. The summed E-state index contributed by atoms with van der Waals surface area (Å²) >= 11 is 5.47. The highest BCUT2D eigenvalue weighted by atomic mass is 35.5. The lowest BCUT2D eigenvalue weighted by molar-refractivity contribution is -0.121. The molecule has 0 radical (unpaired) electrons. The van der Waals surface area contributed by atoms with Crippen LogP contribution in [0.2, 0.25) is 0 Å². The Morgan fingerprint density at radius 2 is 2.14 bits per heavy atom. The minimum absolute atomic E-state index is 0.0439. The SMILES string of the molecule is O=C(CCCCl)NCc1ccncc1. The third kappa shape index (κ3) is 4.23. The molecular weight excluding hydrogens is 200 g/mol. The van der Waals surface area contributed by atoms with Gasteiger partial charge in [-0.3, -0.25) is 9.78 Å². The summed E-state index contributed by atoms with van der Waals surface area (Å²) in [5.41, 5.74) is 1.05. The fourth-order valence-corrected chi connectivity index (χ4v) is 1.15. The van der Waals surface area contributed by atoms with Gasteiger partial charge in [-0.15, -0.1) is 11.6 Å². The average molecular weight is 213 g/mol. The van der Waals surface area contributed by atoms with Gasteiger partial charge in [-0.25, -0.2) is 0 Å². The number of aromatic nitrogens is 1. The van der Waals surface area contributed by atoms with E-state index in [9.17, 15) is 4.79 Å². The Hall–Kier alpha value is -1.09.